The average molecular weight is 468 g/mol. The van der Waals surface area contributed by atoms with Gasteiger partial charge in [0.15, 0.2) is 11.5 Å². The molecule has 2 atom stereocenters. The van der Waals surface area contributed by atoms with Crippen LogP contribution in [0.1, 0.15) is 41.7 Å². The molecule has 0 unspecified atom stereocenters. The van der Waals surface area contributed by atoms with E-state index in [1.807, 2.05) is 32.3 Å². The van der Waals surface area contributed by atoms with Crippen molar-refractivity contribution in [1.29, 1.82) is 0 Å². The number of fused-ring (bicyclic) bond motifs is 1. The van der Waals surface area contributed by atoms with Crippen molar-refractivity contribution in [3.8, 4) is 0 Å². The molecule has 0 radical (unpaired) electrons. The Hall–Kier alpha value is -2.69. The van der Waals surface area contributed by atoms with Gasteiger partial charge in [-0.2, -0.15) is 10.1 Å². The fourth-order valence-corrected chi connectivity index (χ4v) is 3.78. The third-order valence-corrected chi connectivity index (χ3v) is 5.39. The van der Waals surface area contributed by atoms with Crippen LogP contribution in [0.15, 0.2) is 18.3 Å². The minimum atomic E-state index is -0.702. The number of nitrogens with one attached hydrogen (secondary N) is 2. The number of nitrogens with zero attached hydrogens (tertiary/aromatic N) is 5. The fourth-order valence-electron chi connectivity index (χ4n) is 3.78. The smallest absolute Gasteiger partial charge is 0.273 e. The minimum Gasteiger partial charge on any atom is -0.364 e. The molecule has 10 nitrogen and oxygen atoms in total. The first-order chi connectivity index (χ1) is 13.9. The zero-order chi connectivity index (χ0) is 20.5. The highest BCUT2D eigenvalue weighted by Gasteiger charge is 2.23. The number of hydrogen-bond donors (Lipinski definition) is 4. The summed E-state index contributed by atoms with van der Waals surface area (Å²) in [5, 5.41) is 19.8. The van der Waals surface area contributed by atoms with Gasteiger partial charge in [-0.05, 0) is 37.5 Å². The summed E-state index contributed by atoms with van der Waals surface area (Å²) in [7, 11) is 1.88. The number of primary amides is 1. The van der Waals surface area contributed by atoms with Gasteiger partial charge < -0.3 is 22.1 Å². The van der Waals surface area contributed by atoms with E-state index in [0.717, 1.165) is 47.8 Å². The maximum atomic E-state index is 11.8. The molecule has 2 aromatic heterocycles. The van der Waals surface area contributed by atoms with Gasteiger partial charge in [0.25, 0.3) is 5.91 Å². The number of anilines is 3. The van der Waals surface area contributed by atoms with Crippen LogP contribution in [0.4, 0.5) is 17.5 Å². The summed E-state index contributed by atoms with van der Waals surface area (Å²) in [4.78, 5) is 16.3. The highest BCUT2D eigenvalue weighted by molar-refractivity contribution is 5.96. The van der Waals surface area contributed by atoms with Crippen LogP contribution in [0.3, 0.4) is 0 Å². The lowest BCUT2D eigenvalue weighted by molar-refractivity contribution is 0.0995. The Morgan fingerprint density at radius 3 is 2.65 bits per heavy atom. The summed E-state index contributed by atoms with van der Waals surface area (Å²) >= 11 is 0. The molecule has 31 heavy (non-hydrogen) atoms. The molecule has 1 fully saturated rings. The van der Waals surface area contributed by atoms with Gasteiger partial charge in [-0.3, -0.25) is 9.48 Å². The Labute approximate surface area is 192 Å². The molecule has 4 rings (SSSR count). The van der Waals surface area contributed by atoms with E-state index in [0.29, 0.717) is 5.95 Å². The number of carbonyl (C=O) groups excluding carboxylic acids is 1. The number of amides is 1. The molecule has 1 amide bonds. The number of rotatable bonds is 5. The van der Waals surface area contributed by atoms with Crippen molar-refractivity contribution in [2.45, 2.75) is 44.7 Å². The van der Waals surface area contributed by atoms with Gasteiger partial charge in [-0.25, -0.2) is 0 Å². The molecule has 1 aromatic carbocycles. The standard InChI is InChI=1S/C19H25N9O.2ClH/c1-10-7-11(8-15-12(10)9-22-28(15)2)23-18-16(17(21)29)26-27-19(25-18)24-14-6-4-3-5-13(14)20;;/h7-9,13-14H,3-6,20H2,1-2H3,(H2,21,29)(H2,23,24,25,27);2*1H/t13-,14+;;/m0../s1. The second-order valence-electron chi connectivity index (χ2n) is 7.52. The maximum absolute atomic E-state index is 11.8. The molecule has 0 aliphatic heterocycles. The molecule has 168 valence electrons. The number of aromatic nitrogens is 5. The molecule has 0 saturated heterocycles. The monoisotopic (exact) mass is 467 g/mol. The number of hydrogen-bond acceptors (Lipinski definition) is 8. The first-order valence-electron chi connectivity index (χ1n) is 9.68. The van der Waals surface area contributed by atoms with E-state index in [4.69, 9.17) is 11.5 Å². The van der Waals surface area contributed by atoms with Gasteiger partial charge in [0.1, 0.15) is 0 Å². The number of carbonyl (C=O) groups is 1. The summed E-state index contributed by atoms with van der Waals surface area (Å²) in [6.45, 7) is 2.00. The molecule has 1 aliphatic carbocycles. The van der Waals surface area contributed by atoms with E-state index in [1.165, 1.54) is 0 Å². The predicted octanol–water partition coefficient (Wildman–Crippen LogP) is 2.43. The predicted molar refractivity (Wildman–Crippen MR) is 125 cm³/mol. The molecule has 3 aromatic rings. The summed E-state index contributed by atoms with van der Waals surface area (Å²) in [5.41, 5.74) is 14.4. The van der Waals surface area contributed by atoms with Crippen LogP contribution in [0.5, 0.6) is 0 Å². The number of benzene rings is 1. The summed E-state index contributed by atoms with van der Waals surface area (Å²) in [6, 6.07) is 4.01. The Balaban J connectivity index is 0.00000171. The Kier molecular flexibility index (Phi) is 7.99. The van der Waals surface area contributed by atoms with Crippen LogP contribution < -0.4 is 22.1 Å². The molecule has 12 heteroatoms. The highest BCUT2D eigenvalue weighted by Crippen LogP contribution is 2.26. The quantitative estimate of drug-likeness (QED) is 0.446. The normalized spacial score (nSPS) is 18.0. The lowest BCUT2D eigenvalue weighted by Crippen LogP contribution is -2.43. The lowest BCUT2D eigenvalue weighted by atomic mass is 9.91. The van der Waals surface area contributed by atoms with Gasteiger partial charge in [-0.1, -0.05) is 12.8 Å². The van der Waals surface area contributed by atoms with E-state index in [2.05, 4.69) is 30.9 Å². The van der Waals surface area contributed by atoms with Crippen LogP contribution in [-0.2, 0) is 7.05 Å². The summed E-state index contributed by atoms with van der Waals surface area (Å²) in [5.74, 6) is -0.134. The van der Waals surface area contributed by atoms with Crippen molar-refractivity contribution >= 4 is 59.1 Å². The van der Waals surface area contributed by atoms with E-state index in [-0.39, 0.29) is 48.4 Å². The van der Waals surface area contributed by atoms with Crippen molar-refractivity contribution in [3.63, 3.8) is 0 Å². The number of halogens is 2. The average Bonchev–Trinajstić information content (AvgIpc) is 3.05. The van der Waals surface area contributed by atoms with Crippen LogP contribution in [-0.4, -0.2) is 43.0 Å². The van der Waals surface area contributed by atoms with Crippen molar-refractivity contribution in [3.05, 3.63) is 29.6 Å². The SMILES string of the molecule is Cc1cc(Nc2nc(N[C@@H]3CCCC[C@@H]3N)nnc2C(N)=O)cc2c1cnn2C.Cl.Cl. The lowest BCUT2D eigenvalue weighted by Gasteiger charge is -2.29. The second-order valence-corrected chi connectivity index (χ2v) is 7.52. The zero-order valence-corrected chi connectivity index (χ0v) is 19.0. The van der Waals surface area contributed by atoms with Crippen molar-refractivity contribution in [2.75, 3.05) is 10.6 Å². The van der Waals surface area contributed by atoms with Crippen molar-refractivity contribution < 1.29 is 4.79 Å². The topological polar surface area (TPSA) is 150 Å². The summed E-state index contributed by atoms with van der Waals surface area (Å²) in [6.07, 6.45) is 5.96. The van der Waals surface area contributed by atoms with E-state index < -0.39 is 5.91 Å². The molecule has 6 N–H and O–H groups in total. The minimum absolute atomic E-state index is 0. The number of nitrogens with two attached hydrogens (primary N) is 2. The Bertz CT molecular complexity index is 1070. The molecule has 0 spiro atoms. The zero-order valence-electron chi connectivity index (χ0n) is 17.3. The van der Waals surface area contributed by atoms with E-state index in [9.17, 15) is 4.79 Å². The van der Waals surface area contributed by atoms with E-state index >= 15 is 0 Å². The third-order valence-electron chi connectivity index (χ3n) is 5.39. The molecular formula is C19H27Cl2N9O. The largest absolute Gasteiger partial charge is 0.364 e. The van der Waals surface area contributed by atoms with Gasteiger partial charge in [0, 0.05) is 30.2 Å². The van der Waals surface area contributed by atoms with Crippen LogP contribution >= 0.6 is 24.8 Å². The molecular weight excluding hydrogens is 441 g/mol. The molecule has 1 aliphatic rings. The van der Waals surface area contributed by atoms with Gasteiger partial charge >= 0.3 is 0 Å². The molecule has 1 saturated carbocycles. The number of aryl methyl sites for hydroxylation is 2. The second kappa shape index (κ2) is 10.1. The molecule has 0 bridgehead atoms. The van der Waals surface area contributed by atoms with Crippen molar-refractivity contribution in [1.82, 2.24) is 25.0 Å². The Morgan fingerprint density at radius 2 is 1.94 bits per heavy atom. The van der Waals surface area contributed by atoms with Crippen molar-refractivity contribution in [2.24, 2.45) is 18.5 Å². The first kappa shape index (κ1) is 24.6. The Morgan fingerprint density at radius 1 is 1.19 bits per heavy atom. The van der Waals surface area contributed by atoms with Gasteiger partial charge in [0.2, 0.25) is 5.95 Å². The van der Waals surface area contributed by atoms with Crippen LogP contribution in [0, 0.1) is 6.92 Å². The highest BCUT2D eigenvalue weighted by atomic mass is 35.5. The third kappa shape index (κ3) is 5.15. The van der Waals surface area contributed by atoms with Crippen LogP contribution in [0.25, 0.3) is 10.9 Å². The van der Waals surface area contributed by atoms with Gasteiger partial charge in [-0.15, -0.1) is 35.0 Å². The van der Waals surface area contributed by atoms with Gasteiger partial charge in [0.05, 0.1) is 11.7 Å². The maximum Gasteiger partial charge on any atom is 0.273 e. The van der Waals surface area contributed by atoms with E-state index in [1.54, 1.807) is 4.68 Å². The summed E-state index contributed by atoms with van der Waals surface area (Å²) < 4.78 is 1.79. The fraction of sp³-hybridized carbons (Fsp3) is 0.421. The molecule has 2 heterocycles. The first-order valence-corrected chi connectivity index (χ1v) is 9.68. The van der Waals surface area contributed by atoms with Crippen LogP contribution in [0.2, 0.25) is 0 Å².